The highest BCUT2D eigenvalue weighted by Crippen LogP contribution is 2.41. The van der Waals surface area contributed by atoms with Gasteiger partial charge in [-0.25, -0.2) is 4.68 Å². The van der Waals surface area contributed by atoms with Gasteiger partial charge in [0, 0.05) is 34.1 Å². The quantitative estimate of drug-likeness (QED) is 0.385. The van der Waals surface area contributed by atoms with Crippen molar-refractivity contribution in [3.8, 4) is 22.9 Å². The molecule has 1 amide bonds. The standard InChI is InChI=1S/C26H23ClN6O3/c1-15-22(25(34)30-18-8-5-11-28-14-18)23(20-10-9-19(35-2)13-21(20)36-3)33-26(29-15)31-24(32-33)16-6-4-7-17(27)12-16/h4-14,23H,1-3H3,(H,30,34)(H,29,31,32). The largest absolute Gasteiger partial charge is 0.497 e. The van der Waals surface area contributed by atoms with Crippen molar-refractivity contribution in [3.63, 3.8) is 0 Å². The lowest BCUT2D eigenvalue weighted by atomic mass is 9.94. The van der Waals surface area contributed by atoms with Gasteiger partial charge in [-0.2, -0.15) is 4.98 Å². The fraction of sp³-hybridized carbons (Fsp3) is 0.154. The molecular weight excluding hydrogens is 480 g/mol. The van der Waals surface area contributed by atoms with Crippen molar-refractivity contribution in [1.82, 2.24) is 19.7 Å². The topological polar surface area (TPSA) is 103 Å². The molecule has 0 aliphatic carbocycles. The Morgan fingerprint density at radius 2 is 1.97 bits per heavy atom. The van der Waals surface area contributed by atoms with Crippen molar-refractivity contribution >= 4 is 29.1 Å². The van der Waals surface area contributed by atoms with Crippen LogP contribution in [0.4, 0.5) is 11.6 Å². The highest BCUT2D eigenvalue weighted by Gasteiger charge is 2.36. The molecule has 1 aliphatic heterocycles. The van der Waals surface area contributed by atoms with Gasteiger partial charge >= 0.3 is 0 Å². The number of benzene rings is 2. The van der Waals surface area contributed by atoms with Crippen LogP contribution in [-0.4, -0.2) is 39.9 Å². The summed E-state index contributed by atoms with van der Waals surface area (Å²) in [5.41, 5.74) is 3.14. The molecule has 1 unspecified atom stereocenters. The zero-order chi connectivity index (χ0) is 25.2. The van der Waals surface area contributed by atoms with E-state index >= 15 is 0 Å². The van der Waals surface area contributed by atoms with Gasteiger partial charge in [0.15, 0.2) is 5.82 Å². The molecule has 36 heavy (non-hydrogen) atoms. The molecule has 2 aromatic heterocycles. The maximum absolute atomic E-state index is 13.6. The first-order chi connectivity index (χ1) is 17.5. The Bertz CT molecular complexity index is 1470. The average Bonchev–Trinajstić information content (AvgIpc) is 3.31. The Kier molecular flexibility index (Phi) is 6.30. The monoisotopic (exact) mass is 502 g/mol. The second-order valence-electron chi connectivity index (χ2n) is 8.08. The van der Waals surface area contributed by atoms with E-state index in [1.54, 1.807) is 61.6 Å². The predicted molar refractivity (Wildman–Crippen MR) is 137 cm³/mol. The number of halogens is 1. The van der Waals surface area contributed by atoms with Crippen LogP contribution in [0.25, 0.3) is 11.4 Å². The summed E-state index contributed by atoms with van der Waals surface area (Å²) in [6.07, 6.45) is 3.23. The number of ether oxygens (including phenoxy) is 2. The molecule has 9 nitrogen and oxygen atoms in total. The lowest BCUT2D eigenvalue weighted by molar-refractivity contribution is -0.113. The Hall–Kier alpha value is -4.37. The second kappa shape index (κ2) is 9.71. The first-order valence-electron chi connectivity index (χ1n) is 11.1. The molecule has 0 saturated heterocycles. The molecule has 3 heterocycles. The fourth-order valence-electron chi connectivity index (χ4n) is 4.16. The van der Waals surface area contributed by atoms with Gasteiger partial charge in [0.05, 0.1) is 31.7 Å². The third-order valence-corrected chi connectivity index (χ3v) is 6.07. The third-order valence-electron chi connectivity index (χ3n) is 5.83. The van der Waals surface area contributed by atoms with Crippen LogP contribution in [-0.2, 0) is 4.79 Å². The Morgan fingerprint density at radius 3 is 2.69 bits per heavy atom. The molecular formula is C26H23ClN6O3. The van der Waals surface area contributed by atoms with Crippen LogP contribution >= 0.6 is 11.6 Å². The summed E-state index contributed by atoms with van der Waals surface area (Å²) in [5, 5.41) is 11.5. The van der Waals surface area contributed by atoms with Crippen LogP contribution in [0.1, 0.15) is 18.5 Å². The SMILES string of the molecule is COc1ccc(C2C(C(=O)Nc3cccnc3)=C(C)Nc3nc(-c4cccc(Cl)c4)nn32)c(OC)c1. The molecule has 0 spiro atoms. The summed E-state index contributed by atoms with van der Waals surface area (Å²) in [6, 6.07) is 15.7. The maximum Gasteiger partial charge on any atom is 0.255 e. The number of carbonyl (C=O) groups is 1. The molecule has 2 N–H and O–H groups in total. The summed E-state index contributed by atoms with van der Waals surface area (Å²) in [7, 11) is 3.16. The minimum Gasteiger partial charge on any atom is -0.497 e. The first-order valence-corrected chi connectivity index (χ1v) is 11.5. The molecule has 1 aliphatic rings. The number of anilines is 2. The van der Waals surface area contributed by atoms with Gasteiger partial charge in [-0.3, -0.25) is 9.78 Å². The normalized spacial score (nSPS) is 14.6. The Morgan fingerprint density at radius 1 is 1.11 bits per heavy atom. The van der Waals surface area contributed by atoms with Crippen LogP contribution in [0.15, 0.2) is 78.3 Å². The summed E-state index contributed by atoms with van der Waals surface area (Å²) >= 11 is 6.21. The highest BCUT2D eigenvalue weighted by atomic mass is 35.5. The van der Waals surface area contributed by atoms with Gasteiger partial charge in [0.2, 0.25) is 5.95 Å². The number of carbonyl (C=O) groups excluding carboxylic acids is 1. The van der Waals surface area contributed by atoms with Crippen molar-refractivity contribution < 1.29 is 14.3 Å². The highest BCUT2D eigenvalue weighted by molar-refractivity contribution is 6.30. The number of allylic oxidation sites excluding steroid dienone is 1. The van der Waals surface area contributed by atoms with E-state index in [0.29, 0.717) is 45.3 Å². The molecule has 182 valence electrons. The third kappa shape index (κ3) is 4.36. The van der Waals surface area contributed by atoms with Crippen LogP contribution in [0.2, 0.25) is 5.02 Å². The summed E-state index contributed by atoms with van der Waals surface area (Å²) in [5.74, 6) is 1.83. The molecule has 1 atom stereocenters. The Labute approximate surface area is 212 Å². The molecule has 0 radical (unpaired) electrons. The number of methoxy groups -OCH3 is 2. The average molecular weight is 503 g/mol. The predicted octanol–water partition coefficient (Wildman–Crippen LogP) is 4.94. The Balaban J connectivity index is 1.66. The number of nitrogens with one attached hydrogen (secondary N) is 2. The van der Waals surface area contributed by atoms with Gasteiger partial charge in [-0.05, 0) is 43.3 Å². The van der Waals surface area contributed by atoms with Crippen molar-refractivity contribution in [2.24, 2.45) is 0 Å². The van der Waals surface area contributed by atoms with Crippen molar-refractivity contribution in [3.05, 3.63) is 88.8 Å². The molecule has 10 heteroatoms. The number of pyridine rings is 1. The molecule has 2 aromatic carbocycles. The molecule has 4 aromatic rings. The van der Waals surface area contributed by atoms with E-state index in [1.165, 1.54) is 0 Å². The van der Waals surface area contributed by atoms with Crippen molar-refractivity contribution in [1.29, 1.82) is 0 Å². The number of hydrogen-bond acceptors (Lipinski definition) is 7. The van der Waals surface area contributed by atoms with E-state index in [1.807, 2.05) is 31.2 Å². The lowest BCUT2D eigenvalue weighted by Gasteiger charge is -2.29. The van der Waals surface area contributed by atoms with Crippen LogP contribution in [0.5, 0.6) is 11.5 Å². The number of nitrogens with zero attached hydrogens (tertiary/aromatic N) is 4. The summed E-state index contributed by atoms with van der Waals surface area (Å²) in [6.45, 7) is 1.83. The zero-order valence-electron chi connectivity index (χ0n) is 19.8. The summed E-state index contributed by atoms with van der Waals surface area (Å²) < 4.78 is 12.8. The molecule has 0 bridgehead atoms. The maximum atomic E-state index is 13.6. The smallest absolute Gasteiger partial charge is 0.255 e. The van der Waals surface area contributed by atoms with Crippen LogP contribution in [0, 0.1) is 0 Å². The van der Waals surface area contributed by atoms with Gasteiger partial charge in [0.1, 0.15) is 17.5 Å². The first kappa shape index (κ1) is 23.4. The van der Waals surface area contributed by atoms with E-state index in [9.17, 15) is 4.79 Å². The summed E-state index contributed by atoms with van der Waals surface area (Å²) in [4.78, 5) is 22.4. The zero-order valence-corrected chi connectivity index (χ0v) is 20.6. The van der Waals surface area contributed by atoms with E-state index < -0.39 is 6.04 Å². The van der Waals surface area contributed by atoms with Crippen molar-refractivity contribution in [2.45, 2.75) is 13.0 Å². The molecule has 5 rings (SSSR count). The second-order valence-corrected chi connectivity index (χ2v) is 8.52. The number of aromatic nitrogens is 4. The molecule has 0 fully saturated rings. The molecule has 0 saturated carbocycles. The van der Waals surface area contributed by atoms with Crippen LogP contribution < -0.4 is 20.1 Å². The van der Waals surface area contributed by atoms with E-state index in [-0.39, 0.29) is 5.91 Å². The van der Waals surface area contributed by atoms with E-state index in [4.69, 9.17) is 31.2 Å². The number of fused-ring (bicyclic) bond motifs is 1. The van der Waals surface area contributed by atoms with Crippen molar-refractivity contribution in [2.75, 3.05) is 24.9 Å². The van der Waals surface area contributed by atoms with Gasteiger partial charge in [-0.15, -0.1) is 5.10 Å². The minimum absolute atomic E-state index is 0.304. The lowest BCUT2D eigenvalue weighted by Crippen LogP contribution is -2.31. The van der Waals surface area contributed by atoms with Gasteiger partial charge < -0.3 is 20.1 Å². The number of hydrogen-bond donors (Lipinski definition) is 2. The fourth-order valence-corrected chi connectivity index (χ4v) is 4.35. The van der Waals surface area contributed by atoms with Gasteiger partial charge in [-0.1, -0.05) is 23.7 Å². The van der Waals surface area contributed by atoms with E-state index in [2.05, 4.69) is 15.6 Å². The number of rotatable bonds is 6. The van der Waals surface area contributed by atoms with Crippen LogP contribution in [0.3, 0.4) is 0 Å². The minimum atomic E-state index is -0.640. The number of amides is 1. The van der Waals surface area contributed by atoms with E-state index in [0.717, 1.165) is 11.1 Å². The van der Waals surface area contributed by atoms with Gasteiger partial charge in [0.25, 0.3) is 5.91 Å².